The molecule has 0 saturated carbocycles. The number of pyridine rings is 1. The summed E-state index contributed by atoms with van der Waals surface area (Å²) < 4.78 is 58.3. The zero-order valence-electron chi connectivity index (χ0n) is 26.1. The lowest BCUT2D eigenvalue weighted by atomic mass is 10.0. The first-order valence-electron chi connectivity index (χ1n) is 14.0. The number of alkyl halides is 3. The standard InChI is InChI=1S/C29H34F3N7O6S/c1-17-23(29(30,31)32)19(14-33-25(17)46-6)24(40)34-20-13-18(7-8-22(20)38-11-9-37(5)10-12-38)39-15-21(35-36-39)26(41)43-16-44-27(42)45-28(2,3)4/h7-8,13-15H,9-12,16H2,1-6H3,(H,34,40). The van der Waals surface area contributed by atoms with Crippen LogP contribution in [0.2, 0.25) is 0 Å². The van der Waals surface area contributed by atoms with Crippen LogP contribution in [0.4, 0.5) is 29.3 Å². The molecular weight excluding hydrogens is 631 g/mol. The molecule has 0 bridgehead atoms. The number of ether oxygens (including phenoxy) is 3. The minimum atomic E-state index is -4.80. The van der Waals surface area contributed by atoms with E-state index in [1.54, 1.807) is 39.2 Å². The van der Waals surface area contributed by atoms with E-state index in [2.05, 4.69) is 25.5 Å². The summed E-state index contributed by atoms with van der Waals surface area (Å²) in [7, 11) is 1.98. The van der Waals surface area contributed by atoms with Crippen LogP contribution in [0.25, 0.3) is 5.69 Å². The van der Waals surface area contributed by atoms with E-state index in [1.165, 1.54) is 23.9 Å². The highest BCUT2D eigenvalue weighted by atomic mass is 32.2. The summed E-state index contributed by atoms with van der Waals surface area (Å²) >= 11 is 1.05. The minimum Gasteiger partial charge on any atom is -0.428 e. The Morgan fingerprint density at radius 3 is 2.39 bits per heavy atom. The first-order valence-corrected chi connectivity index (χ1v) is 15.2. The Hall–Kier alpha value is -4.38. The van der Waals surface area contributed by atoms with Crippen molar-refractivity contribution in [1.82, 2.24) is 24.9 Å². The monoisotopic (exact) mass is 665 g/mol. The maximum atomic E-state index is 14.1. The van der Waals surface area contributed by atoms with Crippen LogP contribution >= 0.6 is 11.8 Å². The van der Waals surface area contributed by atoms with Crippen LogP contribution < -0.4 is 10.2 Å². The maximum absolute atomic E-state index is 14.1. The summed E-state index contributed by atoms with van der Waals surface area (Å²) in [5, 5.41) is 10.6. The van der Waals surface area contributed by atoms with Gasteiger partial charge in [-0.15, -0.1) is 16.9 Å². The first kappa shape index (κ1) is 34.5. The third-order valence-electron chi connectivity index (χ3n) is 6.79. The van der Waals surface area contributed by atoms with E-state index in [0.717, 1.165) is 31.0 Å². The largest absolute Gasteiger partial charge is 0.511 e. The Kier molecular flexibility index (Phi) is 10.5. The molecular formula is C29H34F3N7O6S. The van der Waals surface area contributed by atoms with E-state index in [-0.39, 0.29) is 22.0 Å². The van der Waals surface area contributed by atoms with E-state index >= 15 is 0 Å². The van der Waals surface area contributed by atoms with Crippen molar-refractivity contribution < 1.29 is 41.8 Å². The third kappa shape index (κ3) is 8.45. The number of carbonyl (C=O) groups excluding carboxylic acids is 3. The van der Waals surface area contributed by atoms with Gasteiger partial charge in [-0.1, -0.05) is 5.21 Å². The Morgan fingerprint density at radius 1 is 1.07 bits per heavy atom. The molecule has 0 spiro atoms. The van der Waals surface area contributed by atoms with Gasteiger partial charge in [0.2, 0.25) is 6.79 Å². The zero-order chi connectivity index (χ0) is 33.8. The molecule has 4 rings (SSSR count). The van der Waals surface area contributed by atoms with E-state index in [4.69, 9.17) is 14.2 Å². The molecule has 1 aromatic carbocycles. The molecule has 1 saturated heterocycles. The molecule has 248 valence electrons. The van der Waals surface area contributed by atoms with Crippen LogP contribution in [-0.4, -0.2) is 94.8 Å². The van der Waals surface area contributed by atoms with Crippen molar-refractivity contribution in [1.29, 1.82) is 0 Å². The minimum absolute atomic E-state index is 0.140. The highest BCUT2D eigenvalue weighted by Crippen LogP contribution is 2.38. The average molecular weight is 666 g/mol. The number of hydrogen-bond donors (Lipinski definition) is 1. The van der Waals surface area contributed by atoms with E-state index in [9.17, 15) is 27.6 Å². The van der Waals surface area contributed by atoms with Crippen molar-refractivity contribution in [3.05, 3.63) is 53.0 Å². The fraction of sp³-hybridized carbons (Fsp3) is 0.448. The topological polar surface area (TPSA) is 141 Å². The maximum Gasteiger partial charge on any atom is 0.511 e. The van der Waals surface area contributed by atoms with Crippen molar-refractivity contribution in [2.75, 3.05) is 56.5 Å². The predicted molar refractivity (Wildman–Crippen MR) is 162 cm³/mol. The summed E-state index contributed by atoms with van der Waals surface area (Å²) in [5.41, 5.74) is -1.68. The van der Waals surface area contributed by atoms with Gasteiger partial charge in [0, 0.05) is 32.4 Å². The van der Waals surface area contributed by atoms with Crippen LogP contribution in [0, 0.1) is 6.92 Å². The molecule has 1 aliphatic rings. The number of halogens is 3. The van der Waals surface area contributed by atoms with Crippen molar-refractivity contribution in [2.45, 2.75) is 44.5 Å². The van der Waals surface area contributed by atoms with E-state index in [1.807, 2.05) is 11.9 Å². The van der Waals surface area contributed by atoms with Crippen molar-refractivity contribution >= 4 is 41.2 Å². The molecule has 1 fully saturated rings. The molecule has 0 radical (unpaired) electrons. The number of anilines is 2. The van der Waals surface area contributed by atoms with Gasteiger partial charge in [0.25, 0.3) is 5.91 Å². The SMILES string of the molecule is CSc1ncc(C(=O)Nc2cc(-n3cc(C(=O)OCOC(=O)OC(C)(C)C)nn3)ccc2N2CCN(C)CC2)c(C(F)(F)F)c1C. The van der Waals surface area contributed by atoms with E-state index in [0.29, 0.717) is 24.5 Å². The second kappa shape index (κ2) is 13.9. The number of benzene rings is 1. The number of hydrogen-bond acceptors (Lipinski definition) is 12. The molecule has 0 unspecified atom stereocenters. The zero-order valence-corrected chi connectivity index (χ0v) is 26.9. The number of carbonyl (C=O) groups is 3. The summed E-state index contributed by atoms with van der Waals surface area (Å²) in [4.78, 5) is 45.8. The molecule has 1 amide bonds. The van der Waals surface area contributed by atoms with Gasteiger partial charge < -0.3 is 29.3 Å². The van der Waals surface area contributed by atoms with Crippen LogP contribution in [0.3, 0.4) is 0 Å². The van der Waals surface area contributed by atoms with Gasteiger partial charge in [0.1, 0.15) is 5.60 Å². The Labute approximate surface area is 267 Å². The summed E-state index contributed by atoms with van der Waals surface area (Å²) in [6.07, 6.45) is -2.03. The molecule has 2 aromatic heterocycles. The lowest BCUT2D eigenvalue weighted by molar-refractivity contribution is -0.138. The smallest absolute Gasteiger partial charge is 0.428 e. The van der Waals surface area contributed by atoms with Gasteiger partial charge in [0.05, 0.1) is 39.4 Å². The molecule has 0 aliphatic carbocycles. The van der Waals surface area contributed by atoms with Crippen molar-refractivity contribution in [3.63, 3.8) is 0 Å². The number of amides is 1. The lowest BCUT2D eigenvalue weighted by Gasteiger charge is -2.35. The van der Waals surface area contributed by atoms with Gasteiger partial charge in [0.15, 0.2) is 5.69 Å². The van der Waals surface area contributed by atoms with Gasteiger partial charge in [-0.25, -0.2) is 19.3 Å². The van der Waals surface area contributed by atoms with Gasteiger partial charge in [-0.3, -0.25) is 4.79 Å². The number of esters is 1. The fourth-order valence-electron chi connectivity index (χ4n) is 4.58. The Bertz CT molecular complexity index is 1600. The highest BCUT2D eigenvalue weighted by molar-refractivity contribution is 7.98. The molecule has 3 aromatic rings. The number of thioether (sulfide) groups is 1. The molecule has 46 heavy (non-hydrogen) atoms. The second-order valence-corrected chi connectivity index (χ2v) is 12.1. The molecule has 3 heterocycles. The Morgan fingerprint density at radius 2 is 1.76 bits per heavy atom. The molecule has 17 heteroatoms. The van der Waals surface area contributed by atoms with Crippen molar-refractivity contribution in [2.24, 2.45) is 0 Å². The predicted octanol–water partition coefficient (Wildman–Crippen LogP) is 4.78. The van der Waals surface area contributed by atoms with Crippen LogP contribution in [-0.2, 0) is 20.4 Å². The third-order valence-corrected chi connectivity index (χ3v) is 7.59. The number of nitrogens with zero attached hydrogens (tertiary/aromatic N) is 6. The van der Waals surface area contributed by atoms with Crippen molar-refractivity contribution in [3.8, 4) is 5.69 Å². The van der Waals surface area contributed by atoms with Crippen LogP contribution in [0.15, 0.2) is 35.6 Å². The fourth-order valence-corrected chi connectivity index (χ4v) is 5.15. The summed E-state index contributed by atoms with van der Waals surface area (Å²) in [6.45, 7) is 8.20. The summed E-state index contributed by atoms with van der Waals surface area (Å²) in [6, 6.07) is 4.89. The lowest BCUT2D eigenvalue weighted by Crippen LogP contribution is -2.44. The quantitative estimate of drug-likeness (QED) is 0.201. The van der Waals surface area contributed by atoms with Crippen LogP contribution in [0.5, 0.6) is 0 Å². The van der Waals surface area contributed by atoms with Crippen LogP contribution in [0.1, 0.15) is 52.7 Å². The Balaban J connectivity index is 1.60. The second-order valence-electron chi connectivity index (χ2n) is 11.3. The molecule has 13 nitrogen and oxygen atoms in total. The van der Waals surface area contributed by atoms with Gasteiger partial charge in [-0.05, 0) is 64.8 Å². The van der Waals surface area contributed by atoms with Gasteiger partial charge >= 0.3 is 18.3 Å². The van der Waals surface area contributed by atoms with E-state index < -0.39 is 47.7 Å². The number of aromatic nitrogens is 4. The molecule has 0 atom stereocenters. The number of piperazine rings is 1. The van der Waals surface area contributed by atoms with Gasteiger partial charge in [-0.2, -0.15) is 13.2 Å². The molecule has 1 aliphatic heterocycles. The molecule has 1 N–H and O–H groups in total. The normalized spacial score (nSPS) is 14.2. The number of rotatable bonds is 8. The first-order chi connectivity index (χ1) is 21.6. The number of nitrogens with one attached hydrogen (secondary N) is 1. The average Bonchev–Trinajstić information content (AvgIpc) is 3.46. The summed E-state index contributed by atoms with van der Waals surface area (Å²) in [5.74, 6) is -1.93. The highest BCUT2D eigenvalue weighted by Gasteiger charge is 2.38. The number of likely N-dealkylation sites (N-methyl/N-ethyl adjacent to an activating group) is 1.